The highest BCUT2D eigenvalue weighted by molar-refractivity contribution is 7.46. The minimum atomic E-state index is -0.475. The average molecular weight is 274 g/mol. The smallest absolute Gasteiger partial charge is 0.226 e. The molecule has 3 nitrogen and oxygen atoms in total. The second kappa shape index (κ2) is 9.01. The van der Waals surface area contributed by atoms with Gasteiger partial charge in [-0.2, -0.15) is 0 Å². The lowest BCUT2D eigenvalue weighted by atomic mass is 10.2. The predicted octanol–water partition coefficient (Wildman–Crippen LogP) is 3.42. The van der Waals surface area contributed by atoms with Gasteiger partial charge in [0.15, 0.2) is 0 Å². The standard InChI is InChI=1S/C14H33N3P/c1-12(2)9-15-18(16(7)10-13(3)4)17(8)11-14(5)6/h12-15H,7,9-11H2,1-6,8H3/q+1. The van der Waals surface area contributed by atoms with Crippen LogP contribution in [0.4, 0.5) is 0 Å². The predicted molar refractivity (Wildman–Crippen MR) is 84.3 cm³/mol. The van der Waals surface area contributed by atoms with E-state index in [1.807, 2.05) is 0 Å². The Morgan fingerprint density at radius 1 is 1.06 bits per heavy atom. The Morgan fingerprint density at radius 2 is 1.61 bits per heavy atom. The summed E-state index contributed by atoms with van der Waals surface area (Å²) in [5, 5.41) is 3.68. The normalized spacial score (nSPS) is 13.9. The highest BCUT2D eigenvalue weighted by Crippen LogP contribution is 2.35. The molecule has 18 heavy (non-hydrogen) atoms. The summed E-state index contributed by atoms with van der Waals surface area (Å²) >= 11 is 0. The summed E-state index contributed by atoms with van der Waals surface area (Å²) in [4.78, 5) is 0. The van der Waals surface area contributed by atoms with Gasteiger partial charge in [-0.15, -0.1) is 0 Å². The van der Waals surface area contributed by atoms with Gasteiger partial charge in [0.05, 0.1) is 0 Å². The molecule has 0 aliphatic carbocycles. The Kier molecular flexibility index (Phi) is 9.02. The summed E-state index contributed by atoms with van der Waals surface area (Å²) in [5.74, 6) is 2.02. The first-order chi connectivity index (χ1) is 8.23. The molecule has 0 heterocycles. The molecule has 0 saturated heterocycles. The zero-order valence-corrected chi connectivity index (χ0v) is 14.3. The molecule has 0 aromatic rings. The van der Waals surface area contributed by atoms with Gasteiger partial charge in [0.1, 0.15) is 13.3 Å². The zero-order valence-electron chi connectivity index (χ0n) is 13.4. The van der Waals surface area contributed by atoms with Crippen molar-refractivity contribution in [3.8, 4) is 0 Å². The summed E-state index contributed by atoms with van der Waals surface area (Å²) < 4.78 is 4.67. The highest BCUT2D eigenvalue weighted by Gasteiger charge is 2.27. The molecule has 0 spiro atoms. The monoisotopic (exact) mass is 274 g/mol. The Bertz CT molecular complexity index is 239. The van der Waals surface area contributed by atoms with E-state index in [1.165, 1.54) is 0 Å². The first-order valence-electron chi connectivity index (χ1n) is 7.06. The van der Waals surface area contributed by atoms with Gasteiger partial charge < -0.3 is 0 Å². The van der Waals surface area contributed by atoms with Crippen molar-refractivity contribution < 1.29 is 4.35 Å². The van der Waals surface area contributed by atoms with E-state index in [4.69, 9.17) is 0 Å². The molecule has 0 rings (SSSR count). The van der Waals surface area contributed by atoms with E-state index < -0.39 is 8.37 Å². The molecule has 0 aromatic carbocycles. The fourth-order valence-corrected chi connectivity index (χ4v) is 4.17. The van der Waals surface area contributed by atoms with Crippen molar-refractivity contribution in [1.29, 1.82) is 0 Å². The third-order valence-corrected chi connectivity index (χ3v) is 4.41. The molecule has 0 aliphatic rings. The van der Waals surface area contributed by atoms with E-state index in [1.54, 1.807) is 0 Å². The van der Waals surface area contributed by atoms with Gasteiger partial charge in [0.2, 0.25) is 0 Å². The maximum absolute atomic E-state index is 4.24. The second-order valence-electron chi connectivity index (χ2n) is 6.36. The molecule has 1 atom stereocenters. The summed E-state index contributed by atoms with van der Waals surface area (Å²) in [6.07, 6.45) is 0. The summed E-state index contributed by atoms with van der Waals surface area (Å²) in [6, 6.07) is 0. The van der Waals surface area contributed by atoms with Crippen LogP contribution in [0.3, 0.4) is 0 Å². The van der Waals surface area contributed by atoms with Crippen LogP contribution in [0.15, 0.2) is 0 Å². The van der Waals surface area contributed by atoms with Crippen molar-refractivity contribution in [2.24, 2.45) is 17.8 Å². The molecule has 108 valence electrons. The molecule has 0 radical (unpaired) electrons. The van der Waals surface area contributed by atoms with Crippen molar-refractivity contribution in [2.75, 3.05) is 26.7 Å². The Labute approximate surface area is 116 Å². The fraction of sp³-hybridized carbons (Fsp3) is 0.929. The highest BCUT2D eigenvalue weighted by atomic mass is 31.1. The minimum absolute atomic E-state index is 0.475. The molecule has 0 aromatic heterocycles. The molecular formula is C14H33N3P+. The van der Waals surface area contributed by atoms with Crippen LogP contribution in [-0.2, 0) is 0 Å². The number of rotatable bonds is 9. The van der Waals surface area contributed by atoms with Crippen LogP contribution < -0.4 is 5.09 Å². The van der Waals surface area contributed by atoms with E-state index in [0.29, 0.717) is 17.8 Å². The first-order valence-corrected chi connectivity index (χ1v) is 8.31. The van der Waals surface area contributed by atoms with E-state index in [-0.39, 0.29) is 0 Å². The van der Waals surface area contributed by atoms with Crippen LogP contribution in [0.5, 0.6) is 0 Å². The van der Waals surface area contributed by atoms with Crippen molar-refractivity contribution in [2.45, 2.75) is 41.5 Å². The quantitative estimate of drug-likeness (QED) is 0.513. The van der Waals surface area contributed by atoms with Gasteiger partial charge in [0, 0.05) is 19.0 Å². The van der Waals surface area contributed by atoms with Gasteiger partial charge >= 0.3 is 8.37 Å². The van der Waals surface area contributed by atoms with Crippen molar-refractivity contribution in [3.63, 3.8) is 0 Å². The van der Waals surface area contributed by atoms with Gasteiger partial charge in [0.25, 0.3) is 0 Å². The lowest BCUT2D eigenvalue weighted by molar-refractivity contribution is -0.371. The van der Waals surface area contributed by atoms with E-state index in [9.17, 15) is 0 Å². The largest absolute Gasteiger partial charge is 0.347 e. The van der Waals surface area contributed by atoms with Crippen LogP contribution in [0.2, 0.25) is 0 Å². The summed E-state index contributed by atoms with van der Waals surface area (Å²) in [6.45, 7) is 21.0. The lowest BCUT2D eigenvalue weighted by Crippen LogP contribution is -2.33. The molecule has 0 bridgehead atoms. The van der Waals surface area contributed by atoms with E-state index >= 15 is 0 Å². The first kappa shape index (κ1) is 18.0. The maximum Gasteiger partial charge on any atom is 0.347 e. The number of nitrogens with one attached hydrogen (secondary N) is 1. The maximum atomic E-state index is 4.24. The molecule has 0 amide bonds. The van der Waals surface area contributed by atoms with Gasteiger partial charge in [-0.3, -0.25) is 0 Å². The summed E-state index contributed by atoms with van der Waals surface area (Å²) in [5.41, 5.74) is 0. The topological polar surface area (TPSA) is 18.3 Å². The Balaban J connectivity index is 4.54. The van der Waals surface area contributed by atoms with Crippen LogP contribution >= 0.6 is 8.37 Å². The van der Waals surface area contributed by atoms with Gasteiger partial charge in [-0.05, 0) is 18.9 Å². The van der Waals surface area contributed by atoms with Crippen LogP contribution in [-0.4, -0.2) is 42.4 Å². The molecule has 0 fully saturated rings. The Morgan fingerprint density at radius 3 is 2.00 bits per heavy atom. The SMILES string of the molecule is C=[N+](CC(C)C)P(NCC(C)C)N(C)CC(C)C. The molecule has 0 aliphatic heterocycles. The molecular weight excluding hydrogens is 241 g/mol. The van der Waals surface area contributed by atoms with Crippen LogP contribution in [0.25, 0.3) is 0 Å². The number of hydrogen-bond donors (Lipinski definition) is 1. The third kappa shape index (κ3) is 8.18. The van der Waals surface area contributed by atoms with Gasteiger partial charge in [-0.1, -0.05) is 41.5 Å². The minimum Gasteiger partial charge on any atom is -0.226 e. The van der Waals surface area contributed by atoms with E-state index in [2.05, 4.69) is 69.4 Å². The van der Waals surface area contributed by atoms with Crippen LogP contribution in [0, 0.1) is 17.8 Å². The van der Waals surface area contributed by atoms with Crippen molar-refractivity contribution in [3.05, 3.63) is 0 Å². The Hall–Kier alpha value is 0.0200. The summed E-state index contributed by atoms with van der Waals surface area (Å²) in [7, 11) is 1.73. The average Bonchev–Trinajstić information content (AvgIpc) is 2.14. The molecule has 1 unspecified atom stereocenters. The van der Waals surface area contributed by atoms with Crippen LogP contribution in [0.1, 0.15) is 41.5 Å². The van der Waals surface area contributed by atoms with Gasteiger partial charge in [-0.25, -0.2) is 14.1 Å². The zero-order chi connectivity index (χ0) is 14.3. The molecule has 1 N–H and O–H groups in total. The second-order valence-corrected chi connectivity index (χ2v) is 8.51. The van der Waals surface area contributed by atoms with E-state index in [0.717, 1.165) is 19.6 Å². The fourth-order valence-electron chi connectivity index (χ4n) is 1.81. The molecule has 0 saturated carbocycles. The number of hydrogen-bond acceptors (Lipinski definition) is 2. The third-order valence-electron chi connectivity index (χ3n) is 2.44. The number of nitrogens with zero attached hydrogens (tertiary/aromatic N) is 2. The molecule has 4 heteroatoms. The van der Waals surface area contributed by atoms with Crippen molar-refractivity contribution in [1.82, 2.24) is 9.76 Å². The van der Waals surface area contributed by atoms with Crippen molar-refractivity contribution >= 4 is 15.1 Å². The lowest BCUT2D eigenvalue weighted by Gasteiger charge is -2.26.